The number of H-pyrrole nitrogens is 1. The average molecular weight is 524 g/mol. The molecule has 0 aliphatic carbocycles. The lowest BCUT2D eigenvalue weighted by Gasteiger charge is -2.36. The maximum atomic E-state index is 14.8. The van der Waals surface area contributed by atoms with E-state index in [1.54, 1.807) is 12.1 Å². The Hall–Kier alpha value is -3.68. The highest BCUT2D eigenvalue weighted by atomic mass is 35.5. The first-order chi connectivity index (χ1) is 17.7. The van der Waals surface area contributed by atoms with E-state index < -0.39 is 23.1 Å². The molecular formula is C29H22ClF4N3. The zero-order valence-electron chi connectivity index (χ0n) is 19.5. The number of nitrogens with zero attached hydrogens (tertiary/aromatic N) is 1. The molecule has 1 unspecified atom stereocenters. The van der Waals surface area contributed by atoms with Crippen molar-refractivity contribution < 1.29 is 17.6 Å². The third-order valence-corrected chi connectivity index (χ3v) is 6.67. The van der Waals surface area contributed by atoms with Gasteiger partial charge in [0.15, 0.2) is 0 Å². The lowest BCUT2D eigenvalue weighted by atomic mass is 9.79. The second kappa shape index (κ2) is 10.00. The van der Waals surface area contributed by atoms with Crippen molar-refractivity contribution in [3.8, 4) is 0 Å². The molecule has 0 aliphatic heterocycles. The van der Waals surface area contributed by atoms with Gasteiger partial charge >= 0.3 is 6.18 Å². The summed E-state index contributed by atoms with van der Waals surface area (Å²) in [5.74, 6) is -0.982. The van der Waals surface area contributed by atoms with Crippen molar-refractivity contribution in [1.82, 2.24) is 15.3 Å². The Morgan fingerprint density at radius 1 is 0.865 bits per heavy atom. The van der Waals surface area contributed by atoms with Crippen LogP contribution in [0.3, 0.4) is 0 Å². The summed E-state index contributed by atoms with van der Waals surface area (Å²) in [6.45, 7) is 0.271. The monoisotopic (exact) mass is 523 g/mol. The largest absolute Gasteiger partial charge is 0.416 e. The first kappa shape index (κ1) is 25.0. The molecule has 0 spiro atoms. The van der Waals surface area contributed by atoms with E-state index in [1.807, 2.05) is 60.8 Å². The van der Waals surface area contributed by atoms with Crippen LogP contribution < -0.4 is 5.32 Å². The Labute approximate surface area is 216 Å². The van der Waals surface area contributed by atoms with E-state index in [1.165, 1.54) is 6.20 Å². The van der Waals surface area contributed by atoms with Crippen LogP contribution in [0.5, 0.6) is 0 Å². The number of halogens is 5. The van der Waals surface area contributed by atoms with E-state index in [0.29, 0.717) is 16.8 Å². The Morgan fingerprint density at radius 3 is 2.38 bits per heavy atom. The first-order valence-corrected chi connectivity index (χ1v) is 12.0. The molecule has 1 atom stereocenters. The van der Waals surface area contributed by atoms with E-state index in [0.717, 1.165) is 34.2 Å². The molecular weight excluding hydrogens is 502 g/mol. The van der Waals surface area contributed by atoms with Gasteiger partial charge in [0.2, 0.25) is 0 Å². The van der Waals surface area contributed by atoms with Crippen LogP contribution in [0.4, 0.5) is 17.6 Å². The molecule has 0 radical (unpaired) electrons. The maximum absolute atomic E-state index is 14.8. The Kier molecular flexibility index (Phi) is 6.75. The van der Waals surface area contributed by atoms with Gasteiger partial charge in [-0.25, -0.2) is 4.39 Å². The van der Waals surface area contributed by atoms with E-state index in [2.05, 4.69) is 15.3 Å². The minimum absolute atomic E-state index is 0.108. The topological polar surface area (TPSA) is 40.7 Å². The molecule has 2 heterocycles. The number of benzene rings is 3. The molecule has 8 heteroatoms. The number of aromatic nitrogens is 2. The lowest BCUT2D eigenvalue weighted by molar-refractivity contribution is -0.137. The summed E-state index contributed by atoms with van der Waals surface area (Å²) >= 11 is 6.11. The average Bonchev–Trinajstić information content (AvgIpc) is 3.36. The van der Waals surface area contributed by atoms with Crippen LogP contribution >= 0.6 is 11.6 Å². The summed E-state index contributed by atoms with van der Waals surface area (Å²) in [5.41, 5.74) is 0.785. The molecule has 5 aromatic rings. The number of rotatable bonds is 7. The predicted octanol–water partition coefficient (Wildman–Crippen LogP) is 7.65. The number of fused-ring (bicyclic) bond motifs is 1. The Balaban J connectivity index is 1.71. The van der Waals surface area contributed by atoms with Gasteiger partial charge < -0.3 is 4.98 Å². The van der Waals surface area contributed by atoms with Gasteiger partial charge in [-0.05, 0) is 58.5 Å². The van der Waals surface area contributed by atoms with Crippen LogP contribution in [0.2, 0.25) is 5.02 Å². The third kappa shape index (κ3) is 5.24. The molecule has 188 valence electrons. The number of aromatic amines is 1. The van der Waals surface area contributed by atoms with E-state index in [-0.39, 0.29) is 18.5 Å². The van der Waals surface area contributed by atoms with Gasteiger partial charge in [0.25, 0.3) is 0 Å². The van der Waals surface area contributed by atoms with E-state index in [4.69, 9.17) is 11.6 Å². The number of hydrogen-bond acceptors (Lipinski definition) is 2. The molecule has 0 bridgehead atoms. The lowest BCUT2D eigenvalue weighted by Crippen LogP contribution is -2.46. The number of pyridine rings is 1. The zero-order chi connectivity index (χ0) is 26.0. The number of hydrogen-bond donors (Lipinski definition) is 2. The normalized spacial score (nSPS) is 13.5. The Bertz CT molecular complexity index is 1510. The molecule has 2 N–H and O–H groups in total. The van der Waals surface area contributed by atoms with Crippen molar-refractivity contribution in [2.24, 2.45) is 0 Å². The van der Waals surface area contributed by atoms with Crippen molar-refractivity contribution in [2.75, 3.05) is 0 Å². The van der Waals surface area contributed by atoms with Gasteiger partial charge in [-0.15, -0.1) is 0 Å². The second-order valence-electron chi connectivity index (χ2n) is 8.87. The minimum atomic E-state index is -4.72. The SMILES string of the molecule is Fc1cc(C(F)(F)F)cc(C(Cc2ccccc2)(NCc2cccc3cc[nH]c23)c2ccc(Cl)cn2)c1. The predicted molar refractivity (Wildman–Crippen MR) is 137 cm³/mol. The zero-order valence-corrected chi connectivity index (χ0v) is 20.2. The Morgan fingerprint density at radius 2 is 1.65 bits per heavy atom. The first-order valence-electron chi connectivity index (χ1n) is 11.6. The quantitative estimate of drug-likeness (QED) is 0.215. The van der Waals surface area contributed by atoms with Crippen LogP contribution in [0.15, 0.2) is 97.3 Å². The molecule has 0 aliphatic rings. The summed E-state index contributed by atoms with van der Waals surface area (Å²) in [4.78, 5) is 7.72. The van der Waals surface area contributed by atoms with Crippen LogP contribution in [-0.4, -0.2) is 9.97 Å². The highest BCUT2D eigenvalue weighted by Gasteiger charge is 2.39. The molecule has 3 aromatic carbocycles. The molecule has 5 rings (SSSR count). The molecule has 2 aromatic heterocycles. The fourth-order valence-electron chi connectivity index (χ4n) is 4.67. The van der Waals surface area contributed by atoms with Crippen LogP contribution in [0.1, 0.15) is 27.9 Å². The molecule has 0 saturated heterocycles. The molecule has 37 heavy (non-hydrogen) atoms. The van der Waals surface area contributed by atoms with Crippen molar-refractivity contribution in [1.29, 1.82) is 0 Å². The summed E-state index contributed by atoms with van der Waals surface area (Å²) in [6, 6.07) is 23.0. The van der Waals surface area contributed by atoms with Gasteiger partial charge in [-0.1, -0.05) is 60.1 Å². The minimum Gasteiger partial charge on any atom is -0.361 e. The second-order valence-corrected chi connectivity index (χ2v) is 9.30. The van der Waals surface area contributed by atoms with Crippen molar-refractivity contribution in [3.05, 3.63) is 136 Å². The van der Waals surface area contributed by atoms with Crippen LogP contribution in [0.25, 0.3) is 10.9 Å². The summed E-state index contributed by atoms with van der Waals surface area (Å²) in [6.07, 6.45) is -1.25. The maximum Gasteiger partial charge on any atom is 0.416 e. The highest BCUT2D eigenvalue weighted by molar-refractivity contribution is 6.30. The highest BCUT2D eigenvalue weighted by Crippen LogP contribution is 2.38. The number of alkyl halides is 3. The summed E-state index contributed by atoms with van der Waals surface area (Å²) in [5, 5.41) is 4.86. The number of nitrogens with one attached hydrogen (secondary N) is 2. The molecule has 0 fully saturated rings. The fourth-order valence-corrected chi connectivity index (χ4v) is 4.78. The molecule has 0 saturated carbocycles. The van der Waals surface area contributed by atoms with E-state index in [9.17, 15) is 17.6 Å². The standard InChI is InChI=1S/C29H22ClF4N3/c30-24-9-10-26(36-18-24)28(16-19-5-2-1-3-6-19,22-13-23(29(32,33)34)15-25(31)14-22)37-17-21-8-4-7-20-11-12-35-27(20)21/h1-15,18,35,37H,16-17H2. The fraction of sp³-hybridized carbons (Fsp3) is 0.138. The van der Waals surface area contributed by atoms with Gasteiger partial charge in [0, 0.05) is 30.9 Å². The summed E-state index contributed by atoms with van der Waals surface area (Å²) in [7, 11) is 0. The summed E-state index contributed by atoms with van der Waals surface area (Å²) < 4.78 is 56.1. The van der Waals surface area contributed by atoms with Gasteiger partial charge in [0.1, 0.15) is 5.82 Å². The van der Waals surface area contributed by atoms with Gasteiger partial charge in [-0.2, -0.15) is 13.2 Å². The van der Waals surface area contributed by atoms with Crippen LogP contribution in [0, 0.1) is 5.82 Å². The third-order valence-electron chi connectivity index (χ3n) is 6.45. The van der Waals surface area contributed by atoms with E-state index >= 15 is 0 Å². The molecule has 3 nitrogen and oxygen atoms in total. The van der Waals surface area contributed by atoms with Crippen molar-refractivity contribution >= 4 is 22.5 Å². The van der Waals surface area contributed by atoms with Crippen molar-refractivity contribution in [2.45, 2.75) is 24.7 Å². The van der Waals surface area contributed by atoms with Gasteiger partial charge in [0.05, 0.1) is 21.8 Å². The van der Waals surface area contributed by atoms with Crippen molar-refractivity contribution in [3.63, 3.8) is 0 Å². The van der Waals surface area contributed by atoms with Crippen LogP contribution in [-0.2, 0) is 24.7 Å². The smallest absolute Gasteiger partial charge is 0.361 e. The van der Waals surface area contributed by atoms with Gasteiger partial charge in [-0.3, -0.25) is 10.3 Å². The molecule has 0 amide bonds. The number of para-hydroxylation sites is 1.